The Morgan fingerprint density at radius 2 is 1.94 bits per heavy atom. The third-order valence-electron chi connectivity index (χ3n) is 5.31. The average molecular weight is 456 g/mol. The summed E-state index contributed by atoms with van der Waals surface area (Å²) in [4.78, 5) is 25.5. The third-order valence-corrected chi connectivity index (χ3v) is 5.31. The molecule has 2 heterocycles. The van der Waals surface area contributed by atoms with E-state index >= 15 is 0 Å². The van der Waals surface area contributed by atoms with Gasteiger partial charge in [0.05, 0.1) is 36.8 Å². The SMILES string of the molecule is CCC(Nc1cncc(-c2ccc(O)c(OC)c2)n1)c1cccc(NC(=O)c2cccnc2)c1. The van der Waals surface area contributed by atoms with Crippen LogP contribution in [0, 0.1) is 0 Å². The van der Waals surface area contributed by atoms with Crippen LogP contribution in [0.2, 0.25) is 0 Å². The topological polar surface area (TPSA) is 109 Å². The number of carbonyl (C=O) groups excluding carboxylic acids is 1. The number of phenolic OH excluding ortho intramolecular Hbond substituents is 1. The predicted molar refractivity (Wildman–Crippen MR) is 131 cm³/mol. The first-order valence-corrected chi connectivity index (χ1v) is 10.8. The van der Waals surface area contributed by atoms with Crippen molar-refractivity contribution in [1.29, 1.82) is 0 Å². The van der Waals surface area contributed by atoms with Crippen LogP contribution in [0.5, 0.6) is 11.5 Å². The van der Waals surface area contributed by atoms with Crippen molar-refractivity contribution >= 4 is 17.4 Å². The van der Waals surface area contributed by atoms with Gasteiger partial charge in [-0.25, -0.2) is 4.98 Å². The number of hydrogen-bond acceptors (Lipinski definition) is 7. The van der Waals surface area contributed by atoms with Crippen LogP contribution in [0.3, 0.4) is 0 Å². The highest BCUT2D eigenvalue weighted by atomic mass is 16.5. The van der Waals surface area contributed by atoms with Crippen molar-refractivity contribution in [3.05, 3.63) is 90.5 Å². The summed E-state index contributed by atoms with van der Waals surface area (Å²) < 4.78 is 5.20. The predicted octanol–water partition coefficient (Wildman–Crippen LogP) is 5.07. The maximum atomic E-state index is 12.5. The highest BCUT2D eigenvalue weighted by molar-refractivity contribution is 6.04. The number of benzene rings is 2. The second kappa shape index (κ2) is 10.4. The van der Waals surface area contributed by atoms with E-state index in [1.54, 1.807) is 48.9 Å². The molecule has 4 rings (SSSR count). The number of ether oxygens (including phenoxy) is 1. The number of rotatable bonds is 8. The number of nitrogens with one attached hydrogen (secondary N) is 2. The van der Waals surface area contributed by atoms with E-state index in [-0.39, 0.29) is 17.7 Å². The van der Waals surface area contributed by atoms with E-state index in [2.05, 4.69) is 32.5 Å². The highest BCUT2D eigenvalue weighted by Crippen LogP contribution is 2.31. The normalized spacial score (nSPS) is 11.5. The summed E-state index contributed by atoms with van der Waals surface area (Å²) in [6.07, 6.45) is 7.28. The van der Waals surface area contributed by atoms with E-state index < -0.39 is 0 Å². The Balaban J connectivity index is 1.52. The van der Waals surface area contributed by atoms with Gasteiger partial charge in [-0.2, -0.15) is 0 Å². The number of phenols is 1. The van der Waals surface area contributed by atoms with Crippen LogP contribution in [0.1, 0.15) is 35.3 Å². The summed E-state index contributed by atoms with van der Waals surface area (Å²) >= 11 is 0. The Labute approximate surface area is 197 Å². The number of anilines is 2. The van der Waals surface area contributed by atoms with Crippen LogP contribution in [-0.4, -0.2) is 33.1 Å². The minimum atomic E-state index is -0.214. The molecule has 1 amide bonds. The van der Waals surface area contributed by atoms with Gasteiger partial charge < -0.3 is 20.5 Å². The third kappa shape index (κ3) is 5.29. The Morgan fingerprint density at radius 1 is 1.06 bits per heavy atom. The van der Waals surface area contributed by atoms with Crippen molar-refractivity contribution in [2.75, 3.05) is 17.7 Å². The zero-order chi connectivity index (χ0) is 23.9. The second-order valence-corrected chi connectivity index (χ2v) is 7.60. The average Bonchev–Trinajstić information content (AvgIpc) is 2.88. The van der Waals surface area contributed by atoms with Crippen LogP contribution in [0.4, 0.5) is 11.5 Å². The molecule has 0 spiro atoms. The monoisotopic (exact) mass is 455 g/mol. The summed E-state index contributed by atoms with van der Waals surface area (Å²) in [5.41, 5.74) is 3.62. The molecule has 0 bridgehead atoms. The van der Waals surface area contributed by atoms with Gasteiger partial charge in [-0.1, -0.05) is 19.1 Å². The van der Waals surface area contributed by atoms with Gasteiger partial charge in [-0.15, -0.1) is 0 Å². The molecule has 0 fully saturated rings. The van der Waals surface area contributed by atoms with Gasteiger partial charge in [0.2, 0.25) is 0 Å². The summed E-state index contributed by atoms with van der Waals surface area (Å²) in [6, 6.07) is 16.1. The van der Waals surface area contributed by atoms with E-state index in [4.69, 9.17) is 4.74 Å². The number of pyridine rings is 1. The lowest BCUT2D eigenvalue weighted by atomic mass is 10.0. The van der Waals surface area contributed by atoms with E-state index in [9.17, 15) is 9.90 Å². The number of aromatic hydroxyl groups is 1. The molecule has 0 saturated heterocycles. The van der Waals surface area contributed by atoms with Crippen molar-refractivity contribution in [1.82, 2.24) is 15.0 Å². The highest BCUT2D eigenvalue weighted by Gasteiger charge is 2.14. The first kappa shape index (κ1) is 22.7. The van der Waals surface area contributed by atoms with Crippen molar-refractivity contribution in [3.8, 4) is 22.8 Å². The Morgan fingerprint density at radius 3 is 2.71 bits per heavy atom. The van der Waals surface area contributed by atoms with Crippen molar-refractivity contribution in [2.24, 2.45) is 0 Å². The van der Waals surface area contributed by atoms with Crippen LogP contribution >= 0.6 is 0 Å². The molecule has 0 aliphatic rings. The smallest absolute Gasteiger partial charge is 0.257 e. The van der Waals surface area contributed by atoms with Gasteiger partial charge in [0.15, 0.2) is 11.5 Å². The Hall–Kier alpha value is -4.46. The molecule has 3 N–H and O–H groups in total. The second-order valence-electron chi connectivity index (χ2n) is 7.60. The van der Waals surface area contributed by atoms with Crippen LogP contribution in [0.15, 0.2) is 79.4 Å². The molecule has 34 heavy (non-hydrogen) atoms. The van der Waals surface area contributed by atoms with Crippen LogP contribution in [-0.2, 0) is 0 Å². The fourth-order valence-electron chi connectivity index (χ4n) is 3.54. The number of hydrogen-bond donors (Lipinski definition) is 3. The molecular formula is C26H25N5O3. The minimum absolute atomic E-state index is 0.0471. The number of amides is 1. The van der Waals surface area contributed by atoms with Gasteiger partial charge in [-0.3, -0.25) is 14.8 Å². The van der Waals surface area contributed by atoms with E-state index in [1.807, 2.05) is 24.3 Å². The summed E-state index contributed by atoms with van der Waals surface area (Å²) in [6.45, 7) is 2.07. The number of methoxy groups -OCH3 is 1. The van der Waals surface area contributed by atoms with Gasteiger partial charge in [0.25, 0.3) is 5.91 Å². The summed E-state index contributed by atoms with van der Waals surface area (Å²) in [5, 5.41) is 16.2. The Bertz CT molecular complexity index is 1280. The minimum Gasteiger partial charge on any atom is -0.504 e. The van der Waals surface area contributed by atoms with Crippen molar-refractivity contribution < 1.29 is 14.6 Å². The summed E-state index contributed by atoms with van der Waals surface area (Å²) in [7, 11) is 1.50. The molecule has 0 radical (unpaired) electrons. The molecule has 2 aromatic heterocycles. The Kier molecular flexibility index (Phi) is 6.98. The molecule has 1 unspecified atom stereocenters. The van der Waals surface area contributed by atoms with Crippen LogP contribution < -0.4 is 15.4 Å². The number of nitrogens with zero attached hydrogens (tertiary/aromatic N) is 3. The van der Waals surface area contributed by atoms with Crippen LogP contribution in [0.25, 0.3) is 11.3 Å². The molecule has 0 aliphatic heterocycles. The quantitative estimate of drug-likeness (QED) is 0.340. The van der Waals surface area contributed by atoms with Gasteiger partial charge in [0, 0.05) is 23.6 Å². The molecule has 8 heteroatoms. The van der Waals surface area contributed by atoms with E-state index in [0.717, 1.165) is 17.5 Å². The lowest BCUT2D eigenvalue weighted by Crippen LogP contribution is -2.14. The summed E-state index contributed by atoms with van der Waals surface area (Å²) in [5.74, 6) is 0.833. The van der Waals surface area contributed by atoms with Crippen molar-refractivity contribution in [2.45, 2.75) is 19.4 Å². The molecule has 8 nitrogen and oxygen atoms in total. The molecular weight excluding hydrogens is 430 g/mol. The first-order chi connectivity index (χ1) is 16.6. The van der Waals surface area contributed by atoms with Gasteiger partial charge in [0.1, 0.15) is 5.82 Å². The zero-order valence-electron chi connectivity index (χ0n) is 18.9. The molecule has 2 aromatic carbocycles. The fourth-order valence-corrected chi connectivity index (χ4v) is 3.54. The molecule has 0 saturated carbocycles. The number of carbonyl (C=O) groups is 1. The zero-order valence-corrected chi connectivity index (χ0v) is 18.9. The van der Waals surface area contributed by atoms with Crippen molar-refractivity contribution in [3.63, 3.8) is 0 Å². The van der Waals surface area contributed by atoms with E-state index in [0.29, 0.717) is 28.5 Å². The van der Waals surface area contributed by atoms with Gasteiger partial charge in [-0.05, 0) is 54.4 Å². The van der Waals surface area contributed by atoms with Gasteiger partial charge >= 0.3 is 0 Å². The first-order valence-electron chi connectivity index (χ1n) is 10.8. The molecule has 0 aliphatic carbocycles. The lowest BCUT2D eigenvalue weighted by Gasteiger charge is -2.19. The fraction of sp³-hybridized carbons (Fsp3) is 0.154. The molecule has 1 atom stereocenters. The maximum Gasteiger partial charge on any atom is 0.257 e. The van der Waals surface area contributed by atoms with E-state index in [1.165, 1.54) is 13.3 Å². The largest absolute Gasteiger partial charge is 0.504 e. The lowest BCUT2D eigenvalue weighted by molar-refractivity contribution is 0.102. The molecule has 4 aromatic rings. The molecule has 172 valence electrons. The maximum absolute atomic E-state index is 12.5. The number of aromatic nitrogens is 3. The standard InChI is InChI=1S/C26H25N5O3/c1-3-21(17-6-4-8-20(12-17)29-26(33)19-7-5-11-27-14-19)30-25-16-28-15-22(31-25)18-9-10-23(32)24(13-18)34-2/h4-16,21,32H,3H2,1-2H3,(H,29,33)(H,30,31).